The van der Waals surface area contributed by atoms with Gasteiger partial charge in [0.25, 0.3) is 5.56 Å². The lowest BCUT2D eigenvalue weighted by atomic mass is 10.2. The number of aliphatic hydroxyl groups is 2. The zero-order valence-electron chi connectivity index (χ0n) is 12.2. The Bertz CT molecular complexity index is 789. The Hall–Kier alpha value is -2.08. The Labute approximate surface area is 135 Å². The third-order valence-corrected chi connectivity index (χ3v) is 3.89. The minimum Gasteiger partial charge on any atom is -0.394 e. The van der Waals surface area contributed by atoms with E-state index in [1.165, 1.54) is 6.33 Å². The zero-order chi connectivity index (χ0) is 16.6. The van der Waals surface area contributed by atoms with Crippen molar-refractivity contribution in [3.63, 3.8) is 0 Å². The number of rotatable bonds is 3. The fourth-order valence-electron chi connectivity index (χ4n) is 2.42. The van der Waals surface area contributed by atoms with Gasteiger partial charge in [-0.05, 0) is 12.2 Å². The van der Waals surface area contributed by atoms with E-state index in [1.807, 2.05) is 0 Å². The van der Waals surface area contributed by atoms with Gasteiger partial charge in [0.1, 0.15) is 12.3 Å². The van der Waals surface area contributed by atoms with Crippen molar-refractivity contribution in [1.82, 2.24) is 24.8 Å². The number of hydrogen-bond acceptors (Lipinski definition) is 7. The topological polar surface area (TPSA) is 137 Å². The van der Waals surface area contributed by atoms with Crippen molar-refractivity contribution in [3.8, 4) is 0 Å². The third-order valence-electron chi connectivity index (χ3n) is 3.59. The molecule has 5 N–H and O–H groups in total. The van der Waals surface area contributed by atoms with E-state index in [4.69, 9.17) is 22.1 Å². The highest BCUT2D eigenvalue weighted by molar-refractivity contribution is 7.80. The average molecular weight is 340 g/mol. The van der Waals surface area contributed by atoms with Crippen molar-refractivity contribution in [3.05, 3.63) is 16.7 Å². The number of ether oxygens (including phenoxy) is 1. The molecule has 0 spiro atoms. The molecule has 0 aliphatic carbocycles. The van der Waals surface area contributed by atoms with E-state index in [1.54, 1.807) is 11.6 Å². The predicted molar refractivity (Wildman–Crippen MR) is 85.0 cm³/mol. The van der Waals surface area contributed by atoms with Crippen LogP contribution in [0, 0.1) is 0 Å². The van der Waals surface area contributed by atoms with Crippen molar-refractivity contribution in [2.24, 2.45) is 0 Å². The van der Waals surface area contributed by atoms with Crippen molar-refractivity contribution in [2.45, 2.75) is 24.9 Å². The average Bonchev–Trinajstić information content (AvgIpc) is 3.10. The largest absolute Gasteiger partial charge is 0.394 e. The lowest BCUT2D eigenvalue weighted by Crippen LogP contribution is -2.27. The molecule has 1 aliphatic rings. The molecule has 0 saturated carbocycles. The molecule has 0 radical (unpaired) electrons. The maximum absolute atomic E-state index is 12.1. The number of imidazole rings is 1. The van der Waals surface area contributed by atoms with E-state index in [2.05, 4.69) is 25.6 Å². The highest BCUT2D eigenvalue weighted by Crippen LogP contribution is 2.30. The number of aliphatic hydroxyl groups excluding tert-OH is 2. The van der Waals surface area contributed by atoms with Gasteiger partial charge in [-0.3, -0.25) is 14.3 Å². The first-order valence-corrected chi connectivity index (χ1v) is 7.34. The van der Waals surface area contributed by atoms with Gasteiger partial charge in [0.15, 0.2) is 16.3 Å². The summed E-state index contributed by atoms with van der Waals surface area (Å²) in [7, 11) is 1.64. The molecule has 3 rings (SSSR count). The SMILES string of the molecule is CNC(=S)Nc1nc2c(ncn2[C@H]2CC(O)[C@@H](CO)O2)c(=O)[nH]1. The summed E-state index contributed by atoms with van der Waals surface area (Å²) in [4.78, 5) is 22.9. The quantitative estimate of drug-likeness (QED) is 0.431. The molecule has 1 aliphatic heterocycles. The third kappa shape index (κ3) is 2.91. The summed E-state index contributed by atoms with van der Waals surface area (Å²) in [5.74, 6) is 0.167. The normalized spacial score (nSPS) is 24.0. The van der Waals surface area contributed by atoms with E-state index in [9.17, 15) is 9.90 Å². The molecule has 1 unspecified atom stereocenters. The Morgan fingerprint density at radius 1 is 1.65 bits per heavy atom. The molecular formula is C12H16N6O4S. The maximum atomic E-state index is 12.1. The first-order chi connectivity index (χ1) is 11.0. The van der Waals surface area contributed by atoms with Gasteiger partial charge >= 0.3 is 0 Å². The molecule has 0 aromatic carbocycles. The number of fused-ring (bicyclic) bond motifs is 1. The molecule has 11 heteroatoms. The van der Waals surface area contributed by atoms with Crippen LogP contribution >= 0.6 is 12.2 Å². The molecule has 124 valence electrons. The summed E-state index contributed by atoms with van der Waals surface area (Å²) in [6, 6.07) is 0. The number of anilines is 1. The number of H-pyrrole nitrogens is 1. The number of aromatic nitrogens is 4. The Morgan fingerprint density at radius 2 is 2.43 bits per heavy atom. The van der Waals surface area contributed by atoms with Crippen molar-refractivity contribution >= 4 is 34.4 Å². The minimum absolute atomic E-state index is 0.150. The fourth-order valence-corrected chi connectivity index (χ4v) is 2.51. The van der Waals surface area contributed by atoms with Gasteiger partial charge in [-0.2, -0.15) is 4.98 Å². The van der Waals surface area contributed by atoms with Crippen LogP contribution in [0.2, 0.25) is 0 Å². The second-order valence-corrected chi connectivity index (χ2v) is 5.47. The molecule has 1 saturated heterocycles. The summed E-state index contributed by atoms with van der Waals surface area (Å²) >= 11 is 4.98. The van der Waals surface area contributed by atoms with Crippen LogP contribution in [-0.2, 0) is 4.74 Å². The van der Waals surface area contributed by atoms with Gasteiger partial charge in [0, 0.05) is 13.5 Å². The van der Waals surface area contributed by atoms with Gasteiger partial charge in [-0.15, -0.1) is 0 Å². The number of hydrogen-bond donors (Lipinski definition) is 5. The predicted octanol–water partition coefficient (Wildman–Crippen LogP) is -1.32. The van der Waals surface area contributed by atoms with Crippen LogP contribution in [0.5, 0.6) is 0 Å². The Kier molecular flexibility index (Phi) is 4.26. The summed E-state index contributed by atoms with van der Waals surface area (Å²) in [5.41, 5.74) is 0.0230. The van der Waals surface area contributed by atoms with Gasteiger partial charge in [0.05, 0.1) is 19.0 Å². The smallest absolute Gasteiger partial charge is 0.280 e. The summed E-state index contributed by atoms with van der Waals surface area (Å²) in [6.07, 6.45) is -0.342. The van der Waals surface area contributed by atoms with Gasteiger partial charge in [-0.1, -0.05) is 0 Å². The molecule has 3 heterocycles. The van der Waals surface area contributed by atoms with Crippen LogP contribution in [0.3, 0.4) is 0 Å². The molecule has 0 amide bonds. The molecule has 1 fully saturated rings. The summed E-state index contributed by atoms with van der Waals surface area (Å²) in [6.45, 7) is -0.290. The molecule has 3 atom stereocenters. The minimum atomic E-state index is -0.793. The Morgan fingerprint density at radius 3 is 3.09 bits per heavy atom. The van der Waals surface area contributed by atoms with Crippen molar-refractivity contribution in [1.29, 1.82) is 0 Å². The fraction of sp³-hybridized carbons (Fsp3) is 0.500. The molecule has 2 aromatic heterocycles. The van der Waals surface area contributed by atoms with E-state index in [0.29, 0.717) is 10.8 Å². The number of aromatic amines is 1. The number of nitrogens with one attached hydrogen (secondary N) is 3. The van der Waals surface area contributed by atoms with Crippen LogP contribution in [0.15, 0.2) is 11.1 Å². The van der Waals surface area contributed by atoms with Gasteiger partial charge < -0.3 is 25.6 Å². The molecule has 10 nitrogen and oxygen atoms in total. The van der Waals surface area contributed by atoms with Gasteiger partial charge in [0.2, 0.25) is 5.95 Å². The molecule has 0 bridgehead atoms. The summed E-state index contributed by atoms with van der Waals surface area (Å²) in [5, 5.41) is 24.8. The van der Waals surface area contributed by atoms with Crippen LogP contribution in [0.1, 0.15) is 12.6 Å². The van der Waals surface area contributed by atoms with E-state index in [-0.39, 0.29) is 24.5 Å². The summed E-state index contributed by atoms with van der Waals surface area (Å²) < 4.78 is 7.12. The number of thiocarbonyl (C=S) groups is 1. The van der Waals surface area contributed by atoms with Crippen LogP contribution in [0.25, 0.3) is 11.2 Å². The zero-order valence-corrected chi connectivity index (χ0v) is 13.0. The second kappa shape index (κ2) is 6.20. The molecule has 2 aromatic rings. The highest BCUT2D eigenvalue weighted by Gasteiger charge is 2.35. The van der Waals surface area contributed by atoms with Crippen LogP contribution in [0.4, 0.5) is 5.95 Å². The van der Waals surface area contributed by atoms with Gasteiger partial charge in [-0.25, -0.2) is 4.98 Å². The molecule has 23 heavy (non-hydrogen) atoms. The van der Waals surface area contributed by atoms with E-state index in [0.717, 1.165) is 0 Å². The highest BCUT2D eigenvalue weighted by atomic mass is 32.1. The second-order valence-electron chi connectivity index (χ2n) is 5.06. The lowest BCUT2D eigenvalue weighted by molar-refractivity contribution is -0.0432. The monoisotopic (exact) mass is 340 g/mol. The van der Waals surface area contributed by atoms with Crippen molar-refractivity contribution in [2.75, 3.05) is 19.0 Å². The first-order valence-electron chi connectivity index (χ1n) is 6.93. The van der Waals surface area contributed by atoms with Crippen LogP contribution < -0.4 is 16.2 Å². The van der Waals surface area contributed by atoms with Crippen LogP contribution in [-0.4, -0.2) is 60.7 Å². The lowest BCUT2D eigenvalue weighted by Gasteiger charge is -2.14. The Balaban J connectivity index is 1.99. The van der Waals surface area contributed by atoms with E-state index >= 15 is 0 Å². The molecular weight excluding hydrogens is 324 g/mol. The van der Waals surface area contributed by atoms with Crippen molar-refractivity contribution < 1.29 is 14.9 Å². The standard InChI is InChI=1S/C12H16N6O4S/c1-13-12(23)17-11-15-9-8(10(21)16-11)14-4-18(9)7-2-5(20)6(3-19)22-7/h4-7,19-20H,2-3H2,1H3,(H3,13,15,16,17,21,23)/t5?,6-,7-/m1/s1. The van der Waals surface area contributed by atoms with E-state index < -0.39 is 24.0 Å². The number of nitrogens with zero attached hydrogens (tertiary/aromatic N) is 3. The maximum Gasteiger partial charge on any atom is 0.280 e. The first kappa shape index (κ1) is 15.8.